The van der Waals surface area contributed by atoms with E-state index in [1.54, 1.807) is 24.0 Å². The number of aryl methyl sites for hydroxylation is 1. The maximum atomic E-state index is 13.0. The summed E-state index contributed by atoms with van der Waals surface area (Å²) in [4.78, 5) is 42.7. The zero-order valence-corrected chi connectivity index (χ0v) is 17.4. The summed E-state index contributed by atoms with van der Waals surface area (Å²) < 4.78 is 23.7. The van der Waals surface area contributed by atoms with E-state index in [0.29, 0.717) is 12.1 Å². The van der Waals surface area contributed by atoms with Crippen LogP contribution in [-0.4, -0.2) is 72.2 Å². The minimum atomic E-state index is -3.14. The molecule has 0 aromatic heterocycles. The van der Waals surface area contributed by atoms with Gasteiger partial charge in [-0.2, -0.15) is 0 Å². The van der Waals surface area contributed by atoms with Gasteiger partial charge in [-0.3, -0.25) is 19.4 Å². The molecule has 1 aromatic carbocycles. The van der Waals surface area contributed by atoms with Gasteiger partial charge >= 0.3 is 6.03 Å². The highest BCUT2D eigenvalue weighted by molar-refractivity contribution is 7.91. The molecular weight excluding hydrogens is 394 g/mol. The van der Waals surface area contributed by atoms with Crippen molar-refractivity contribution in [3.8, 4) is 0 Å². The fourth-order valence-electron chi connectivity index (χ4n) is 4.18. The summed E-state index contributed by atoms with van der Waals surface area (Å²) in [7, 11) is -3.14. The number of amides is 4. The van der Waals surface area contributed by atoms with Crippen molar-refractivity contribution in [2.24, 2.45) is 0 Å². The first kappa shape index (κ1) is 19.9. The molecule has 0 bridgehead atoms. The molecular formula is C20H25N3O5S. The van der Waals surface area contributed by atoms with E-state index in [4.69, 9.17) is 0 Å². The standard InChI is InChI=1S/C20H25N3O5S/c1-13-3-5-15(6-4-13)22-14(2)19(25)21(20(22)26)11-18(24)23(16-7-8-16)17-9-10-29(27,28)12-17/h3-6,14,16-17H,7-12H2,1-2H3/t14-,17-/m1/s1. The maximum absolute atomic E-state index is 13.0. The monoisotopic (exact) mass is 419 g/mol. The van der Waals surface area contributed by atoms with Crippen molar-refractivity contribution in [1.82, 2.24) is 9.80 Å². The number of urea groups is 1. The molecule has 2 saturated heterocycles. The number of hydrogen-bond acceptors (Lipinski definition) is 5. The number of carbonyl (C=O) groups excluding carboxylic acids is 3. The highest BCUT2D eigenvalue weighted by Crippen LogP contribution is 2.33. The van der Waals surface area contributed by atoms with Crippen molar-refractivity contribution in [1.29, 1.82) is 0 Å². The van der Waals surface area contributed by atoms with Crippen LogP contribution < -0.4 is 4.90 Å². The third kappa shape index (κ3) is 3.75. The summed E-state index contributed by atoms with van der Waals surface area (Å²) in [6.07, 6.45) is 2.07. The molecule has 0 spiro atoms. The second-order valence-corrected chi connectivity index (χ2v) is 10.4. The molecule has 3 fully saturated rings. The average molecular weight is 420 g/mol. The van der Waals surface area contributed by atoms with Crippen molar-refractivity contribution in [3.63, 3.8) is 0 Å². The molecule has 1 aromatic rings. The van der Waals surface area contributed by atoms with Crippen molar-refractivity contribution >= 4 is 33.4 Å². The highest BCUT2D eigenvalue weighted by atomic mass is 32.2. The molecule has 2 heterocycles. The molecule has 2 aliphatic heterocycles. The second kappa shape index (κ2) is 7.12. The second-order valence-electron chi connectivity index (χ2n) is 8.18. The lowest BCUT2D eigenvalue weighted by atomic mass is 10.2. The maximum Gasteiger partial charge on any atom is 0.332 e. The molecule has 9 heteroatoms. The van der Waals surface area contributed by atoms with Crippen LogP contribution in [-0.2, 0) is 19.4 Å². The van der Waals surface area contributed by atoms with Crippen LogP contribution in [0.25, 0.3) is 0 Å². The zero-order chi connectivity index (χ0) is 20.9. The number of hydrogen-bond donors (Lipinski definition) is 0. The molecule has 2 atom stereocenters. The third-order valence-electron chi connectivity index (χ3n) is 5.88. The van der Waals surface area contributed by atoms with Crippen LogP contribution in [0, 0.1) is 6.92 Å². The van der Waals surface area contributed by atoms with Crippen LogP contribution in [0.4, 0.5) is 10.5 Å². The Balaban J connectivity index is 1.52. The lowest BCUT2D eigenvalue weighted by Crippen LogP contribution is -2.49. The first-order chi connectivity index (χ1) is 13.7. The summed E-state index contributed by atoms with van der Waals surface area (Å²) in [5.41, 5.74) is 1.65. The average Bonchev–Trinajstić information content (AvgIpc) is 3.39. The van der Waals surface area contributed by atoms with Crippen molar-refractivity contribution in [3.05, 3.63) is 29.8 Å². The van der Waals surface area contributed by atoms with Crippen molar-refractivity contribution in [2.45, 2.75) is 51.2 Å². The number of sulfone groups is 1. The Bertz CT molecular complexity index is 955. The van der Waals surface area contributed by atoms with E-state index in [-0.39, 0.29) is 36.0 Å². The van der Waals surface area contributed by atoms with Gasteiger partial charge in [-0.1, -0.05) is 17.7 Å². The van der Waals surface area contributed by atoms with Crippen LogP contribution in [0.15, 0.2) is 24.3 Å². The van der Waals surface area contributed by atoms with E-state index in [0.717, 1.165) is 23.3 Å². The number of anilines is 1. The fraction of sp³-hybridized carbons (Fsp3) is 0.550. The van der Waals surface area contributed by atoms with E-state index in [9.17, 15) is 22.8 Å². The Morgan fingerprint density at radius 1 is 1.10 bits per heavy atom. The number of imide groups is 1. The number of rotatable bonds is 5. The largest absolute Gasteiger partial charge is 0.334 e. The zero-order valence-electron chi connectivity index (χ0n) is 16.6. The molecule has 156 valence electrons. The van der Waals surface area contributed by atoms with Crippen LogP contribution in [0.5, 0.6) is 0 Å². The summed E-state index contributed by atoms with van der Waals surface area (Å²) in [5, 5.41) is 0. The van der Waals surface area contributed by atoms with Gasteiger partial charge in [0, 0.05) is 17.8 Å². The molecule has 29 heavy (non-hydrogen) atoms. The Kier molecular flexibility index (Phi) is 4.88. The van der Waals surface area contributed by atoms with Crippen LogP contribution in [0.3, 0.4) is 0 Å². The molecule has 0 unspecified atom stereocenters. The smallest absolute Gasteiger partial charge is 0.332 e. The molecule has 0 N–H and O–H groups in total. The van der Waals surface area contributed by atoms with E-state index in [1.807, 2.05) is 19.1 Å². The predicted molar refractivity (Wildman–Crippen MR) is 107 cm³/mol. The van der Waals surface area contributed by atoms with E-state index in [2.05, 4.69) is 0 Å². The number of carbonyl (C=O) groups is 3. The van der Waals surface area contributed by atoms with Gasteiger partial charge in [-0.25, -0.2) is 13.2 Å². The summed E-state index contributed by atoms with van der Waals surface area (Å²) in [5.74, 6) is -0.732. The van der Waals surface area contributed by atoms with Gasteiger partial charge in [0.15, 0.2) is 9.84 Å². The lowest BCUT2D eigenvalue weighted by molar-refractivity contribution is -0.139. The van der Waals surface area contributed by atoms with E-state index < -0.39 is 27.8 Å². The van der Waals surface area contributed by atoms with Gasteiger partial charge in [-0.15, -0.1) is 0 Å². The summed E-state index contributed by atoms with van der Waals surface area (Å²) >= 11 is 0. The Morgan fingerprint density at radius 3 is 2.31 bits per heavy atom. The molecule has 4 rings (SSSR count). The van der Waals surface area contributed by atoms with Crippen molar-refractivity contribution < 1.29 is 22.8 Å². The minimum Gasteiger partial charge on any atom is -0.334 e. The number of benzene rings is 1. The SMILES string of the molecule is Cc1ccc(N2C(=O)N(CC(=O)N(C3CC3)[C@@H]3CCS(=O)(=O)C3)C(=O)[C@H]2C)cc1. The third-order valence-corrected chi connectivity index (χ3v) is 7.63. The van der Waals surface area contributed by atoms with Gasteiger partial charge in [0.25, 0.3) is 5.91 Å². The molecule has 0 radical (unpaired) electrons. The van der Waals surface area contributed by atoms with E-state index >= 15 is 0 Å². The summed E-state index contributed by atoms with van der Waals surface area (Å²) in [6.45, 7) is 3.23. The van der Waals surface area contributed by atoms with Crippen LogP contribution in [0.1, 0.15) is 31.7 Å². The van der Waals surface area contributed by atoms with Gasteiger partial charge in [0.2, 0.25) is 5.91 Å². The first-order valence-electron chi connectivity index (χ1n) is 9.91. The van der Waals surface area contributed by atoms with Crippen LogP contribution in [0.2, 0.25) is 0 Å². The fourth-order valence-corrected chi connectivity index (χ4v) is 5.89. The highest BCUT2D eigenvalue weighted by Gasteiger charge is 2.47. The Hall–Kier alpha value is -2.42. The van der Waals surface area contributed by atoms with E-state index in [1.165, 1.54) is 4.90 Å². The Morgan fingerprint density at radius 2 is 1.76 bits per heavy atom. The molecule has 1 aliphatic carbocycles. The number of nitrogens with zero attached hydrogens (tertiary/aromatic N) is 3. The van der Waals surface area contributed by atoms with Gasteiger partial charge in [0.05, 0.1) is 11.5 Å². The first-order valence-corrected chi connectivity index (χ1v) is 11.7. The van der Waals surface area contributed by atoms with Gasteiger partial charge in [-0.05, 0) is 45.2 Å². The summed E-state index contributed by atoms with van der Waals surface area (Å²) in [6, 6.07) is 5.72. The Labute approximate surface area is 170 Å². The minimum absolute atomic E-state index is 0.0132. The van der Waals surface area contributed by atoms with Gasteiger partial charge in [0.1, 0.15) is 12.6 Å². The van der Waals surface area contributed by atoms with Crippen LogP contribution >= 0.6 is 0 Å². The molecule has 1 saturated carbocycles. The normalized spacial score (nSPS) is 26.3. The molecule has 4 amide bonds. The molecule has 8 nitrogen and oxygen atoms in total. The van der Waals surface area contributed by atoms with Gasteiger partial charge < -0.3 is 4.90 Å². The topological polar surface area (TPSA) is 95.1 Å². The lowest BCUT2D eigenvalue weighted by Gasteiger charge is -2.29. The quantitative estimate of drug-likeness (QED) is 0.671. The van der Waals surface area contributed by atoms with Crippen molar-refractivity contribution in [2.75, 3.05) is 23.0 Å². The molecule has 3 aliphatic rings. The predicted octanol–water partition coefficient (Wildman–Crippen LogP) is 1.33.